The normalized spacial score (nSPS) is 24.4. The fourth-order valence-corrected chi connectivity index (χ4v) is 3.92. The second-order valence-electron chi connectivity index (χ2n) is 5.95. The molecule has 2 N–H and O–H groups in total. The number of benzene rings is 1. The van der Waals surface area contributed by atoms with Gasteiger partial charge in [-0.2, -0.15) is 0 Å². The van der Waals surface area contributed by atoms with Gasteiger partial charge < -0.3 is 15.2 Å². The van der Waals surface area contributed by atoms with Crippen molar-refractivity contribution in [3.8, 4) is 11.5 Å². The highest BCUT2D eigenvalue weighted by molar-refractivity contribution is 6.01. The number of phenolic OH excluding ortho intramolecular Hbond substituents is 1. The van der Waals surface area contributed by atoms with Gasteiger partial charge in [0.15, 0.2) is 17.3 Å². The lowest BCUT2D eigenvalue weighted by molar-refractivity contribution is -0.110. The van der Waals surface area contributed by atoms with Crippen molar-refractivity contribution < 1.29 is 14.6 Å². The molecule has 0 saturated carbocycles. The Bertz CT molecular complexity index is 686. The van der Waals surface area contributed by atoms with Crippen molar-refractivity contribution in [1.82, 2.24) is 5.32 Å². The lowest BCUT2D eigenvalue weighted by Crippen LogP contribution is -2.28. The van der Waals surface area contributed by atoms with Gasteiger partial charge in [0.2, 0.25) is 0 Å². The van der Waals surface area contributed by atoms with Crippen LogP contribution in [-0.4, -0.2) is 24.5 Å². The molecule has 21 heavy (non-hydrogen) atoms. The summed E-state index contributed by atoms with van der Waals surface area (Å²) in [6, 6.07) is 2.17. The Morgan fingerprint density at radius 2 is 2.14 bits per heavy atom. The van der Waals surface area contributed by atoms with Crippen molar-refractivity contribution in [2.24, 2.45) is 0 Å². The second kappa shape index (κ2) is 4.21. The highest BCUT2D eigenvalue weighted by Gasteiger charge is 2.46. The van der Waals surface area contributed by atoms with Crippen molar-refractivity contribution in [3.63, 3.8) is 0 Å². The van der Waals surface area contributed by atoms with Crippen molar-refractivity contribution >= 4 is 5.78 Å². The molecule has 4 rings (SSSR count). The second-order valence-corrected chi connectivity index (χ2v) is 5.95. The SMILES string of the molecule is COc1cc2c3c(c1O)C1(C=CC(=O)C=C1)C[C@@H]3NCC2. The number of ketones is 1. The predicted molar refractivity (Wildman–Crippen MR) is 78.7 cm³/mol. The van der Waals surface area contributed by atoms with Crippen LogP contribution in [0.5, 0.6) is 11.5 Å². The molecule has 1 aromatic carbocycles. The van der Waals surface area contributed by atoms with Crippen LogP contribution in [0, 0.1) is 0 Å². The summed E-state index contributed by atoms with van der Waals surface area (Å²) in [6.07, 6.45) is 8.80. The number of hydrogen-bond donors (Lipinski definition) is 2. The Morgan fingerprint density at radius 3 is 2.86 bits per heavy atom. The maximum atomic E-state index is 11.5. The number of phenols is 1. The standard InChI is InChI=1S/C17H17NO3/c1-21-13-8-10-4-7-18-12-9-17(5-2-11(19)3-6-17)15(14(10)12)16(13)20/h2-3,5-6,8,12,18,20H,4,7,9H2,1H3/t12-/m0/s1. The van der Waals surface area contributed by atoms with Crippen molar-refractivity contribution in [2.75, 3.05) is 13.7 Å². The number of allylic oxidation sites excluding steroid dienone is 4. The van der Waals surface area contributed by atoms with E-state index in [4.69, 9.17) is 4.74 Å². The van der Waals surface area contributed by atoms with Crippen LogP contribution in [-0.2, 0) is 16.6 Å². The summed E-state index contributed by atoms with van der Waals surface area (Å²) in [7, 11) is 1.57. The monoisotopic (exact) mass is 283 g/mol. The summed E-state index contributed by atoms with van der Waals surface area (Å²) < 4.78 is 5.34. The van der Waals surface area contributed by atoms with E-state index in [1.54, 1.807) is 19.3 Å². The van der Waals surface area contributed by atoms with Gasteiger partial charge in [-0.3, -0.25) is 4.79 Å². The molecule has 1 spiro atoms. The van der Waals surface area contributed by atoms with E-state index in [1.807, 2.05) is 18.2 Å². The Hall–Kier alpha value is -2.07. The van der Waals surface area contributed by atoms with Gasteiger partial charge >= 0.3 is 0 Å². The van der Waals surface area contributed by atoms with E-state index < -0.39 is 5.41 Å². The summed E-state index contributed by atoms with van der Waals surface area (Å²) in [5, 5.41) is 14.2. The summed E-state index contributed by atoms with van der Waals surface area (Å²) in [4.78, 5) is 11.5. The van der Waals surface area contributed by atoms with Crippen molar-refractivity contribution in [1.29, 1.82) is 0 Å². The molecular weight excluding hydrogens is 266 g/mol. The number of methoxy groups -OCH3 is 1. The molecule has 0 unspecified atom stereocenters. The number of nitrogens with one attached hydrogen (secondary N) is 1. The molecular formula is C17H17NO3. The molecule has 1 aliphatic heterocycles. The highest BCUT2D eigenvalue weighted by atomic mass is 16.5. The number of ether oxygens (including phenoxy) is 1. The van der Waals surface area contributed by atoms with Crippen LogP contribution in [0.4, 0.5) is 0 Å². The molecule has 0 radical (unpaired) electrons. The minimum absolute atomic E-state index is 0.00364. The molecule has 2 aliphatic carbocycles. The Labute approximate surface area is 123 Å². The van der Waals surface area contributed by atoms with Crippen LogP contribution in [0.25, 0.3) is 0 Å². The first kappa shape index (κ1) is 12.7. The molecule has 1 heterocycles. The van der Waals surface area contributed by atoms with E-state index >= 15 is 0 Å². The molecule has 3 aliphatic rings. The van der Waals surface area contributed by atoms with Gasteiger partial charge in [0, 0.05) is 17.0 Å². The van der Waals surface area contributed by atoms with Crippen LogP contribution in [0.1, 0.15) is 29.2 Å². The predicted octanol–water partition coefficient (Wildman–Crippen LogP) is 1.92. The molecule has 0 fully saturated rings. The van der Waals surface area contributed by atoms with Gasteiger partial charge in [-0.1, -0.05) is 12.2 Å². The molecule has 0 aromatic heterocycles. The third-order valence-electron chi connectivity index (χ3n) is 4.84. The van der Waals surface area contributed by atoms with Crippen molar-refractivity contribution in [2.45, 2.75) is 24.3 Å². The van der Waals surface area contributed by atoms with Gasteiger partial charge in [0.1, 0.15) is 0 Å². The van der Waals surface area contributed by atoms with E-state index in [-0.39, 0.29) is 17.6 Å². The quantitative estimate of drug-likeness (QED) is 0.827. The first-order valence-electron chi connectivity index (χ1n) is 7.24. The number of aromatic hydroxyl groups is 1. The zero-order valence-corrected chi connectivity index (χ0v) is 11.8. The van der Waals surface area contributed by atoms with E-state index in [9.17, 15) is 9.90 Å². The van der Waals surface area contributed by atoms with Gasteiger partial charge in [-0.05, 0) is 48.7 Å². The van der Waals surface area contributed by atoms with Gasteiger partial charge in [0.25, 0.3) is 0 Å². The molecule has 0 amide bonds. The number of fused-ring (bicyclic) bond motifs is 1. The third-order valence-corrected chi connectivity index (χ3v) is 4.84. The lowest BCUT2D eigenvalue weighted by Gasteiger charge is -2.26. The van der Waals surface area contributed by atoms with E-state index in [2.05, 4.69) is 5.32 Å². The molecule has 4 heteroatoms. The first-order chi connectivity index (χ1) is 10.1. The first-order valence-corrected chi connectivity index (χ1v) is 7.24. The minimum atomic E-state index is -0.404. The fourth-order valence-electron chi connectivity index (χ4n) is 3.92. The zero-order chi connectivity index (χ0) is 14.6. The Balaban J connectivity index is 2.00. The largest absolute Gasteiger partial charge is 0.504 e. The Kier molecular flexibility index (Phi) is 2.54. The van der Waals surface area contributed by atoms with Gasteiger partial charge in [0.05, 0.1) is 7.11 Å². The topological polar surface area (TPSA) is 58.6 Å². The molecule has 1 atom stereocenters. The molecule has 0 saturated heterocycles. The van der Waals surface area contributed by atoms with Crippen LogP contribution < -0.4 is 10.1 Å². The van der Waals surface area contributed by atoms with Crippen LogP contribution >= 0.6 is 0 Å². The Morgan fingerprint density at radius 1 is 1.38 bits per heavy atom. The minimum Gasteiger partial charge on any atom is -0.504 e. The molecule has 4 nitrogen and oxygen atoms in total. The number of hydrogen-bond acceptors (Lipinski definition) is 4. The van der Waals surface area contributed by atoms with E-state index in [1.165, 1.54) is 11.1 Å². The van der Waals surface area contributed by atoms with E-state index in [0.29, 0.717) is 5.75 Å². The molecule has 0 bridgehead atoms. The fraction of sp³-hybridized carbons (Fsp3) is 0.353. The van der Waals surface area contributed by atoms with E-state index in [0.717, 1.165) is 24.9 Å². The molecule has 108 valence electrons. The average Bonchev–Trinajstić information content (AvgIpc) is 2.82. The highest BCUT2D eigenvalue weighted by Crippen LogP contribution is 2.55. The maximum Gasteiger partial charge on any atom is 0.178 e. The third kappa shape index (κ3) is 1.62. The van der Waals surface area contributed by atoms with Crippen LogP contribution in [0.3, 0.4) is 0 Å². The van der Waals surface area contributed by atoms with Crippen LogP contribution in [0.2, 0.25) is 0 Å². The number of carbonyl (C=O) groups is 1. The van der Waals surface area contributed by atoms with Gasteiger partial charge in [-0.15, -0.1) is 0 Å². The summed E-state index contributed by atoms with van der Waals surface area (Å²) in [5.41, 5.74) is 2.91. The molecule has 1 aromatic rings. The summed E-state index contributed by atoms with van der Waals surface area (Å²) in [6.45, 7) is 0.924. The van der Waals surface area contributed by atoms with Crippen molar-refractivity contribution in [3.05, 3.63) is 47.1 Å². The van der Waals surface area contributed by atoms with Gasteiger partial charge in [-0.25, -0.2) is 0 Å². The number of rotatable bonds is 1. The summed E-state index contributed by atoms with van der Waals surface area (Å²) in [5.74, 6) is 0.714. The smallest absolute Gasteiger partial charge is 0.178 e. The zero-order valence-electron chi connectivity index (χ0n) is 11.8. The lowest BCUT2D eigenvalue weighted by atomic mass is 9.77. The number of carbonyl (C=O) groups excluding carboxylic acids is 1. The maximum absolute atomic E-state index is 11.5. The summed E-state index contributed by atoms with van der Waals surface area (Å²) >= 11 is 0. The average molecular weight is 283 g/mol. The van der Waals surface area contributed by atoms with Crippen LogP contribution in [0.15, 0.2) is 30.4 Å².